The quantitative estimate of drug-likeness (QED) is 0.367. The molecule has 0 atom stereocenters. The van der Waals surface area contributed by atoms with Crippen LogP contribution in [0, 0.1) is 3.57 Å². The van der Waals surface area contributed by atoms with E-state index in [0.717, 1.165) is 14.8 Å². The molecule has 0 heterocycles. The highest BCUT2D eigenvalue weighted by atomic mass is 127. The fraction of sp³-hybridized carbons (Fsp3) is 0.333. The summed E-state index contributed by atoms with van der Waals surface area (Å²) in [5, 5.41) is 3.86. The van der Waals surface area contributed by atoms with Crippen LogP contribution >= 0.6 is 22.6 Å². The van der Waals surface area contributed by atoms with Gasteiger partial charge < -0.3 is 4.84 Å². The van der Waals surface area contributed by atoms with Crippen molar-refractivity contribution < 1.29 is 9.63 Å². The maximum atomic E-state index is 11.4. The van der Waals surface area contributed by atoms with Gasteiger partial charge in [-0.25, -0.2) is 0 Å². The molecule has 0 N–H and O–H groups in total. The molecule has 0 bridgehead atoms. The second-order valence-electron chi connectivity index (χ2n) is 3.63. The van der Waals surface area contributed by atoms with E-state index in [2.05, 4.69) is 27.7 Å². The number of benzene rings is 1. The SMILES string of the molecule is CC(=O)c1cccc(I)c1CON=C(C)C. The lowest BCUT2D eigenvalue weighted by Crippen LogP contribution is -2.03. The summed E-state index contributed by atoms with van der Waals surface area (Å²) in [5.74, 6) is 0.0503. The summed E-state index contributed by atoms with van der Waals surface area (Å²) in [6, 6.07) is 5.64. The van der Waals surface area contributed by atoms with Crippen LogP contribution in [0.25, 0.3) is 0 Å². The first kappa shape index (κ1) is 13.2. The van der Waals surface area contributed by atoms with Crippen LogP contribution in [0.1, 0.15) is 36.7 Å². The maximum Gasteiger partial charge on any atom is 0.160 e. The van der Waals surface area contributed by atoms with E-state index in [1.165, 1.54) is 0 Å². The van der Waals surface area contributed by atoms with Crippen LogP contribution in [0.4, 0.5) is 0 Å². The Morgan fingerprint density at radius 3 is 2.62 bits per heavy atom. The Labute approximate surface area is 109 Å². The second-order valence-corrected chi connectivity index (χ2v) is 4.80. The highest BCUT2D eigenvalue weighted by Gasteiger charge is 2.10. The summed E-state index contributed by atoms with van der Waals surface area (Å²) < 4.78 is 1.02. The normalized spacial score (nSPS) is 9.75. The van der Waals surface area contributed by atoms with Gasteiger partial charge in [-0.2, -0.15) is 0 Å². The van der Waals surface area contributed by atoms with Gasteiger partial charge >= 0.3 is 0 Å². The molecule has 0 unspecified atom stereocenters. The molecule has 0 spiro atoms. The van der Waals surface area contributed by atoms with Crippen molar-refractivity contribution in [3.8, 4) is 0 Å². The molecular weight excluding hydrogens is 317 g/mol. The molecule has 0 aromatic heterocycles. The molecule has 0 saturated carbocycles. The Hall–Kier alpha value is -0.910. The largest absolute Gasteiger partial charge is 0.391 e. The third-order valence-electron chi connectivity index (χ3n) is 1.95. The van der Waals surface area contributed by atoms with E-state index in [1.807, 2.05) is 32.0 Å². The number of ketones is 1. The highest BCUT2D eigenvalue weighted by molar-refractivity contribution is 14.1. The Balaban J connectivity index is 2.93. The zero-order valence-electron chi connectivity index (χ0n) is 9.58. The minimum absolute atomic E-state index is 0.0503. The number of oxime groups is 1. The van der Waals surface area contributed by atoms with Gasteiger partial charge in [-0.15, -0.1) is 0 Å². The van der Waals surface area contributed by atoms with Crippen LogP contribution in [-0.4, -0.2) is 11.5 Å². The third-order valence-corrected chi connectivity index (χ3v) is 2.96. The minimum Gasteiger partial charge on any atom is -0.391 e. The molecule has 0 amide bonds. The van der Waals surface area contributed by atoms with Gasteiger partial charge in [0.2, 0.25) is 0 Å². The lowest BCUT2D eigenvalue weighted by molar-refractivity contribution is 0.100. The van der Waals surface area contributed by atoms with Crippen molar-refractivity contribution in [1.29, 1.82) is 0 Å². The molecule has 0 aliphatic rings. The smallest absolute Gasteiger partial charge is 0.160 e. The van der Waals surface area contributed by atoms with E-state index in [0.29, 0.717) is 12.2 Å². The Morgan fingerprint density at radius 2 is 2.06 bits per heavy atom. The molecule has 0 fully saturated rings. The van der Waals surface area contributed by atoms with Gasteiger partial charge in [-0.1, -0.05) is 17.3 Å². The van der Waals surface area contributed by atoms with Crippen LogP contribution in [0.2, 0.25) is 0 Å². The van der Waals surface area contributed by atoms with Crippen molar-refractivity contribution in [1.82, 2.24) is 0 Å². The molecule has 1 aromatic carbocycles. The van der Waals surface area contributed by atoms with Gasteiger partial charge in [-0.3, -0.25) is 4.79 Å². The monoisotopic (exact) mass is 331 g/mol. The van der Waals surface area contributed by atoms with E-state index < -0.39 is 0 Å². The predicted octanol–water partition coefficient (Wildman–Crippen LogP) is 3.41. The van der Waals surface area contributed by atoms with Crippen molar-refractivity contribution >= 4 is 34.1 Å². The fourth-order valence-corrected chi connectivity index (χ4v) is 1.91. The molecule has 16 heavy (non-hydrogen) atoms. The molecule has 4 heteroatoms. The van der Waals surface area contributed by atoms with Gasteiger partial charge in [0, 0.05) is 14.7 Å². The lowest BCUT2D eigenvalue weighted by atomic mass is 10.1. The number of hydrogen-bond donors (Lipinski definition) is 0. The minimum atomic E-state index is 0.0503. The number of carbonyl (C=O) groups is 1. The molecule has 1 rings (SSSR count). The average molecular weight is 331 g/mol. The first-order chi connectivity index (χ1) is 7.52. The predicted molar refractivity (Wildman–Crippen MR) is 72.7 cm³/mol. The molecule has 0 radical (unpaired) electrons. The highest BCUT2D eigenvalue weighted by Crippen LogP contribution is 2.18. The number of nitrogens with zero attached hydrogens (tertiary/aromatic N) is 1. The lowest BCUT2D eigenvalue weighted by Gasteiger charge is -2.08. The molecule has 0 aliphatic heterocycles. The zero-order valence-corrected chi connectivity index (χ0v) is 11.7. The van der Waals surface area contributed by atoms with Crippen molar-refractivity contribution in [3.63, 3.8) is 0 Å². The number of hydrogen-bond acceptors (Lipinski definition) is 3. The van der Waals surface area contributed by atoms with Crippen LogP contribution in [-0.2, 0) is 11.4 Å². The molecule has 3 nitrogen and oxygen atoms in total. The van der Waals surface area contributed by atoms with Gasteiger partial charge in [-0.05, 0) is 49.4 Å². The van der Waals surface area contributed by atoms with Crippen molar-refractivity contribution in [2.24, 2.45) is 5.16 Å². The number of Topliss-reactive ketones (excluding diaryl/α,β-unsaturated/α-hetero) is 1. The maximum absolute atomic E-state index is 11.4. The van der Waals surface area contributed by atoms with Crippen LogP contribution in [0.15, 0.2) is 23.4 Å². The Kier molecular flexibility index (Phi) is 4.92. The van der Waals surface area contributed by atoms with Gasteiger partial charge in [0.05, 0.1) is 5.71 Å². The van der Waals surface area contributed by atoms with Crippen molar-refractivity contribution in [2.75, 3.05) is 0 Å². The van der Waals surface area contributed by atoms with Gasteiger partial charge in [0.1, 0.15) is 6.61 Å². The molecule has 0 aliphatic carbocycles. The Morgan fingerprint density at radius 1 is 1.38 bits per heavy atom. The fourth-order valence-electron chi connectivity index (χ4n) is 1.26. The topological polar surface area (TPSA) is 38.7 Å². The third kappa shape index (κ3) is 3.59. The van der Waals surface area contributed by atoms with Crippen LogP contribution in [0.3, 0.4) is 0 Å². The second kappa shape index (κ2) is 5.98. The van der Waals surface area contributed by atoms with Crippen molar-refractivity contribution in [2.45, 2.75) is 27.4 Å². The molecular formula is C12H14INO2. The first-order valence-corrected chi connectivity index (χ1v) is 6.01. The standard InChI is InChI=1S/C12H14INO2/c1-8(2)14-16-7-11-10(9(3)15)5-4-6-12(11)13/h4-6H,7H2,1-3H3. The van der Waals surface area contributed by atoms with Crippen LogP contribution in [0.5, 0.6) is 0 Å². The van der Waals surface area contributed by atoms with E-state index in [9.17, 15) is 4.79 Å². The summed E-state index contributed by atoms with van der Waals surface area (Å²) in [7, 11) is 0. The summed E-state index contributed by atoms with van der Waals surface area (Å²) in [6.07, 6.45) is 0. The van der Waals surface area contributed by atoms with Gasteiger partial charge in [0.25, 0.3) is 0 Å². The number of carbonyl (C=O) groups excluding carboxylic acids is 1. The summed E-state index contributed by atoms with van der Waals surface area (Å²) in [4.78, 5) is 16.6. The molecule has 1 aromatic rings. The summed E-state index contributed by atoms with van der Waals surface area (Å²) >= 11 is 2.20. The van der Waals surface area contributed by atoms with E-state index >= 15 is 0 Å². The number of halogens is 1. The van der Waals surface area contributed by atoms with Gasteiger partial charge in [0.15, 0.2) is 5.78 Å². The van der Waals surface area contributed by atoms with E-state index in [-0.39, 0.29) is 5.78 Å². The van der Waals surface area contributed by atoms with E-state index in [4.69, 9.17) is 4.84 Å². The Bertz CT molecular complexity index is 423. The van der Waals surface area contributed by atoms with Crippen LogP contribution < -0.4 is 0 Å². The average Bonchev–Trinajstić information content (AvgIpc) is 2.19. The number of rotatable bonds is 4. The summed E-state index contributed by atoms with van der Waals surface area (Å²) in [5.41, 5.74) is 2.46. The molecule has 0 saturated heterocycles. The molecule has 86 valence electrons. The zero-order chi connectivity index (χ0) is 12.1. The van der Waals surface area contributed by atoms with Crippen molar-refractivity contribution in [3.05, 3.63) is 32.9 Å². The van der Waals surface area contributed by atoms with E-state index in [1.54, 1.807) is 6.92 Å². The first-order valence-electron chi connectivity index (χ1n) is 4.94. The summed E-state index contributed by atoms with van der Waals surface area (Å²) in [6.45, 7) is 5.62.